The van der Waals surface area contributed by atoms with Crippen molar-refractivity contribution in [3.8, 4) is 27.9 Å². The van der Waals surface area contributed by atoms with Crippen LogP contribution in [0.4, 0.5) is 0 Å². The van der Waals surface area contributed by atoms with Gasteiger partial charge in [-0.05, 0) is 96.0 Å². The first-order valence-corrected chi connectivity index (χ1v) is 21.0. The molecule has 0 spiro atoms. The van der Waals surface area contributed by atoms with Crippen LogP contribution in [0.2, 0.25) is 0 Å². The van der Waals surface area contributed by atoms with Crippen molar-refractivity contribution < 1.29 is 0 Å². The molecule has 2 heterocycles. The van der Waals surface area contributed by atoms with Gasteiger partial charge in [0, 0.05) is 22.0 Å². The van der Waals surface area contributed by atoms with Gasteiger partial charge in [0.25, 0.3) is 0 Å². The summed E-state index contributed by atoms with van der Waals surface area (Å²) in [6.07, 6.45) is -0.389. The summed E-state index contributed by atoms with van der Waals surface area (Å²) in [6.45, 7) is 0. The van der Waals surface area contributed by atoms with E-state index in [4.69, 9.17) is 4.99 Å². The average molecular weight is 781 g/mol. The Morgan fingerprint density at radius 3 is 1.49 bits per heavy atom. The fourth-order valence-electron chi connectivity index (χ4n) is 9.37. The Hall–Kier alpha value is -7.79. The normalized spacial score (nSPS) is 15.4. The molecule has 12 rings (SSSR count). The highest BCUT2D eigenvalue weighted by Crippen LogP contribution is 2.41. The average Bonchev–Trinajstić information content (AvgIpc) is 3.69. The minimum atomic E-state index is -0.233. The lowest BCUT2D eigenvalue weighted by Gasteiger charge is -2.32. The van der Waals surface area contributed by atoms with Gasteiger partial charge in [-0.2, -0.15) is 0 Å². The number of amidine groups is 1. The first kappa shape index (κ1) is 35.2. The molecule has 10 aromatic carbocycles. The molecule has 4 nitrogen and oxygen atoms in total. The number of aromatic nitrogens is 1. The molecule has 2 unspecified atom stereocenters. The van der Waals surface area contributed by atoms with Crippen molar-refractivity contribution in [1.29, 1.82) is 0 Å². The fraction of sp³-hybridized carbons (Fsp3) is 0.0351. The molecule has 1 aromatic heterocycles. The molecule has 2 atom stereocenters. The molecular formula is C57H40N4. The van der Waals surface area contributed by atoms with Gasteiger partial charge in [-0.3, -0.25) is 5.32 Å². The summed E-state index contributed by atoms with van der Waals surface area (Å²) in [5.41, 5.74) is 11.6. The number of nitrogens with zero attached hydrogens (tertiary/aromatic N) is 2. The zero-order valence-corrected chi connectivity index (χ0v) is 33.3. The van der Waals surface area contributed by atoms with Crippen LogP contribution in [-0.2, 0) is 0 Å². The third-order valence-corrected chi connectivity index (χ3v) is 12.5. The van der Waals surface area contributed by atoms with Crippen LogP contribution in [0, 0.1) is 0 Å². The molecule has 0 saturated heterocycles. The number of aliphatic imine (C=N–C) groups is 1. The van der Waals surface area contributed by atoms with E-state index in [9.17, 15) is 0 Å². The van der Waals surface area contributed by atoms with E-state index in [-0.39, 0.29) is 12.3 Å². The maximum atomic E-state index is 5.26. The van der Waals surface area contributed by atoms with E-state index in [1.807, 2.05) is 0 Å². The van der Waals surface area contributed by atoms with Gasteiger partial charge in [0.05, 0.1) is 11.0 Å². The number of nitrogens with one attached hydrogen (secondary N) is 2. The monoisotopic (exact) mass is 780 g/mol. The highest BCUT2D eigenvalue weighted by molar-refractivity contribution is 6.28. The van der Waals surface area contributed by atoms with Crippen LogP contribution in [0.25, 0.3) is 82.1 Å². The van der Waals surface area contributed by atoms with Gasteiger partial charge in [-0.25, -0.2) is 4.99 Å². The third kappa shape index (κ3) is 6.16. The van der Waals surface area contributed by atoms with Crippen molar-refractivity contribution in [2.75, 3.05) is 0 Å². The van der Waals surface area contributed by atoms with E-state index in [1.165, 1.54) is 76.4 Å². The predicted molar refractivity (Wildman–Crippen MR) is 255 cm³/mol. The Labute approximate surface area is 354 Å². The van der Waals surface area contributed by atoms with E-state index in [1.54, 1.807) is 0 Å². The summed E-state index contributed by atoms with van der Waals surface area (Å²) in [4.78, 5) is 5.26. The van der Waals surface area contributed by atoms with E-state index >= 15 is 0 Å². The Morgan fingerprint density at radius 2 is 0.852 bits per heavy atom. The van der Waals surface area contributed by atoms with Crippen molar-refractivity contribution in [2.45, 2.75) is 12.3 Å². The lowest BCUT2D eigenvalue weighted by atomic mass is 10.00. The largest absolute Gasteiger partial charge is 0.350 e. The minimum absolute atomic E-state index is 0.156. The lowest BCUT2D eigenvalue weighted by Crippen LogP contribution is -2.44. The van der Waals surface area contributed by atoms with E-state index in [0.717, 1.165) is 28.2 Å². The number of benzene rings is 10. The quantitative estimate of drug-likeness (QED) is 0.176. The van der Waals surface area contributed by atoms with Gasteiger partial charge in [0.15, 0.2) is 0 Å². The molecule has 0 saturated carbocycles. The van der Waals surface area contributed by atoms with Gasteiger partial charge in [0.1, 0.15) is 18.2 Å². The van der Waals surface area contributed by atoms with Crippen LogP contribution in [0.3, 0.4) is 0 Å². The summed E-state index contributed by atoms with van der Waals surface area (Å²) >= 11 is 0. The zero-order chi connectivity index (χ0) is 40.3. The maximum absolute atomic E-state index is 5.26. The number of hydrogen-bond donors (Lipinski definition) is 2. The Morgan fingerprint density at radius 1 is 0.377 bits per heavy atom. The second-order valence-corrected chi connectivity index (χ2v) is 16.0. The van der Waals surface area contributed by atoms with Crippen molar-refractivity contribution in [3.05, 3.63) is 235 Å². The lowest BCUT2D eigenvalue weighted by molar-refractivity contribution is 0.409. The number of rotatable bonds is 6. The van der Waals surface area contributed by atoms with Crippen LogP contribution >= 0.6 is 0 Å². The third-order valence-electron chi connectivity index (χ3n) is 12.5. The summed E-state index contributed by atoms with van der Waals surface area (Å²) in [6, 6.07) is 78.9. The van der Waals surface area contributed by atoms with Crippen molar-refractivity contribution in [2.24, 2.45) is 4.99 Å². The van der Waals surface area contributed by atoms with Gasteiger partial charge in [-0.15, -0.1) is 0 Å². The first-order valence-electron chi connectivity index (χ1n) is 21.0. The molecule has 4 heteroatoms. The van der Waals surface area contributed by atoms with Gasteiger partial charge < -0.3 is 9.88 Å². The molecule has 0 bridgehead atoms. The standard InChI is InChI=1S/C57H40N4/c1-2-10-37(11-3-1)39-18-23-44(24-19-39)55-58-56(60-57(59-55)47-27-22-38-12-4-5-15-46(38)36-47)45-25-20-40(21-26-45)41-28-32-48(33-29-41)61-51-34-30-42-13-6-8-16-49(42)53(51)54-50-17-9-7-14-43(50)31-35-52(54)61/h1-36,56-57,60H,(H,58,59). The van der Waals surface area contributed by atoms with E-state index in [2.05, 4.69) is 234 Å². The van der Waals surface area contributed by atoms with Crippen LogP contribution in [0.15, 0.2) is 223 Å². The zero-order valence-electron chi connectivity index (χ0n) is 33.3. The van der Waals surface area contributed by atoms with Gasteiger partial charge in [0.2, 0.25) is 0 Å². The van der Waals surface area contributed by atoms with E-state index in [0.29, 0.717) is 0 Å². The van der Waals surface area contributed by atoms with Crippen LogP contribution < -0.4 is 10.6 Å². The minimum Gasteiger partial charge on any atom is -0.350 e. The van der Waals surface area contributed by atoms with Crippen LogP contribution in [-0.4, -0.2) is 10.4 Å². The number of hydrogen-bond acceptors (Lipinski definition) is 3. The topological polar surface area (TPSA) is 41.4 Å². The second kappa shape index (κ2) is 14.5. The highest BCUT2D eigenvalue weighted by atomic mass is 15.3. The molecule has 0 fully saturated rings. The molecule has 0 radical (unpaired) electrons. The Bertz CT molecular complexity index is 3360. The predicted octanol–water partition coefficient (Wildman–Crippen LogP) is 13.9. The molecule has 1 aliphatic rings. The summed E-state index contributed by atoms with van der Waals surface area (Å²) in [7, 11) is 0. The molecular weight excluding hydrogens is 741 g/mol. The fourth-order valence-corrected chi connectivity index (χ4v) is 9.37. The Balaban J connectivity index is 0.877. The molecule has 0 amide bonds. The summed E-state index contributed by atoms with van der Waals surface area (Å²) < 4.78 is 2.43. The Kier molecular flexibility index (Phi) is 8.36. The molecule has 11 aromatic rings. The molecule has 1 aliphatic heterocycles. The smallest absolute Gasteiger partial charge is 0.131 e. The maximum Gasteiger partial charge on any atom is 0.131 e. The molecule has 0 aliphatic carbocycles. The van der Waals surface area contributed by atoms with Crippen LogP contribution in [0.1, 0.15) is 29.0 Å². The molecule has 2 N–H and O–H groups in total. The summed E-state index contributed by atoms with van der Waals surface area (Å²) in [5.74, 6) is 0.868. The van der Waals surface area contributed by atoms with Crippen LogP contribution in [0.5, 0.6) is 0 Å². The SMILES string of the molecule is c1ccc(-c2ccc(C3=NC(c4ccc5ccccc5c4)NC(c4ccc(-c5ccc(-n6c7ccc8ccccc8c7c7c8ccccc8ccc76)cc5)cc4)N3)cc2)cc1. The van der Waals surface area contributed by atoms with Gasteiger partial charge >= 0.3 is 0 Å². The first-order chi connectivity index (χ1) is 30.2. The van der Waals surface area contributed by atoms with Crippen molar-refractivity contribution in [1.82, 2.24) is 15.2 Å². The highest BCUT2D eigenvalue weighted by Gasteiger charge is 2.26. The number of fused-ring (bicyclic) bond motifs is 8. The summed E-state index contributed by atoms with van der Waals surface area (Å²) in [5, 5.41) is 17.7. The van der Waals surface area contributed by atoms with E-state index < -0.39 is 0 Å². The van der Waals surface area contributed by atoms with Crippen molar-refractivity contribution >= 4 is 60.0 Å². The van der Waals surface area contributed by atoms with Crippen molar-refractivity contribution in [3.63, 3.8) is 0 Å². The molecule has 288 valence electrons. The second-order valence-electron chi connectivity index (χ2n) is 16.0. The van der Waals surface area contributed by atoms with Gasteiger partial charge in [-0.1, -0.05) is 188 Å². The molecule has 61 heavy (non-hydrogen) atoms.